The lowest BCUT2D eigenvalue weighted by molar-refractivity contribution is 0.00479. The molecule has 0 aromatic carbocycles. The molecule has 0 saturated heterocycles. The number of allylic oxidation sites excluding steroid dienone is 2. The molecule has 0 spiro atoms. The lowest BCUT2D eigenvalue weighted by Crippen LogP contribution is -2.42. The maximum Gasteiger partial charge on any atom is -0.0196 e. The van der Waals surface area contributed by atoms with Gasteiger partial charge in [0.1, 0.15) is 0 Å². The molecule has 1 saturated carbocycles. The number of fused-ring (bicyclic) bond motifs is 2. The van der Waals surface area contributed by atoms with Crippen LogP contribution in [0.25, 0.3) is 0 Å². The van der Waals surface area contributed by atoms with E-state index in [2.05, 4.69) is 53.7 Å². The second-order valence-corrected chi connectivity index (χ2v) is 9.73. The van der Waals surface area contributed by atoms with E-state index in [0.29, 0.717) is 10.8 Å². The molecule has 0 N–H and O–H groups in total. The van der Waals surface area contributed by atoms with Gasteiger partial charge < -0.3 is 0 Å². The van der Waals surface area contributed by atoms with Gasteiger partial charge in [0.15, 0.2) is 0 Å². The average molecular weight is 305 g/mol. The van der Waals surface area contributed by atoms with Crippen molar-refractivity contribution < 1.29 is 0 Å². The van der Waals surface area contributed by atoms with Gasteiger partial charge in [-0.2, -0.15) is 0 Å². The van der Waals surface area contributed by atoms with Gasteiger partial charge in [-0.05, 0) is 53.8 Å². The first kappa shape index (κ1) is 18.1. The Balaban J connectivity index is 2.03. The van der Waals surface area contributed by atoms with E-state index >= 15 is 0 Å². The molecule has 0 heterocycles. The maximum absolute atomic E-state index is 2.56. The van der Waals surface area contributed by atoms with Gasteiger partial charge in [0.25, 0.3) is 0 Å². The summed E-state index contributed by atoms with van der Waals surface area (Å²) in [6.07, 6.45) is 16.6. The zero-order valence-electron chi connectivity index (χ0n) is 16.1. The van der Waals surface area contributed by atoms with Crippen molar-refractivity contribution in [1.29, 1.82) is 0 Å². The first-order chi connectivity index (χ1) is 10.3. The Morgan fingerprint density at radius 1 is 0.909 bits per heavy atom. The highest BCUT2D eigenvalue weighted by atomic mass is 14.5. The summed E-state index contributed by atoms with van der Waals surface area (Å²) in [7, 11) is 0. The molecule has 2 bridgehead atoms. The van der Waals surface area contributed by atoms with Gasteiger partial charge in [0.05, 0.1) is 0 Å². The average Bonchev–Trinajstić information content (AvgIpc) is 3.03. The van der Waals surface area contributed by atoms with E-state index in [0.717, 1.165) is 23.7 Å². The van der Waals surface area contributed by atoms with Crippen LogP contribution >= 0.6 is 0 Å². The third-order valence-electron chi connectivity index (χ3n) is 7.33. The van der Waals surface area contributed by atoms with Crippen LogP contribution in [0.3, 0.4) is 0 Å². The summed E-state index contributed by atoms with van der Waals surface area (Å²) in [4.78, 5) is 0. The van der Waals surface area contributed by atoms with E-state index in [4.69, 9.17) is 0 Å². The standard InChI is InChI=1S/C22H40/c1-7-8-9-10-11-12-20(22(5,6)21(2,3)4)19-16-17-13-14-18(19)15-17/h13-14,17-20H,7-12,15-16H2,1-6H3. The van der Waals surface area contributed by atoms with Crippen molar-refractivity contribution in [1.82, 2.24) is 0 Å². The van der Waals surface area contributed by atoms with Crippen LogP contribution in [-0.4, -0.2) is 0 Å². The third-order valence-corrected chi connectivity index (χ3v) is 7.33. The summed E-state index contributed by atoms with van der Waals surface area (Å²) in [6, 6.07) is 0. The molecular weight excluding hydrogens is 264 g/mol. The van der Waals surface area contributed by atoms with Crippen LogP contribution < -0.4 is 0 Å². The Morgan fingerprint density at radius 2 is 1.59 bits per heavy atom. The van der Waals surface area contributed by atoms with E-state index in [9.17, 15) is 0 Å². The highest BCUT2D eigenvalue weighted by Gasteiger charge is 2.48. The van der Waals surface area contributed by atoms with Crippen LogP contribution in [0.5, 0.6) is 0 Å². The molecule has 0 nitrogen and oxygen atoms in total. The number of unbranched alkanes of at least 4 members (excludes halogenated alkanes) is 4. The summed E-state index contributed by atoms with van der Waals surface area (Å²) in [5.74, 6) is 3.66. The first-order valence-corrected chi connectivity index (χ1v) is 9.95. The summed E-state index contributed by atoms with van der Waals surface area (Å²) in [5.41, 5.74) is 0.827. The normalized spacial score (nSPS) is 29.3. The monoisotopic (exact) mass is 304 g/mol. The zero-order chi connectivity index (χ0) is 16.4. The van der Waals surface area contributed by atoms with Crippen molar-refractivity contribution in [2.75, 3.05) is 0 Å². The molecule has 0 amide bonds. The van der Waals surface area contributed by atoms with Crippen molar-refractivity contribution in [3.63, 3.8) is 0 Å². The molecule has 0 aromatic heterocycles. The summed E-state index contributed by atoms with van der Waals surface area (Å²) >= 11 is 0. The number of hydrogen-bond acceptors (Lipinski definition) is 0. The molecule has 0 heteroatoms. The van der Waals surface area contributed by atoms with Crippen LogP contribution in [0.2, 0.25) is 0 Å². The van der Waals surface area contributed by atoms with Gasteiger partial charge in [-0.3, -0.25) is 0 Å². The quantitative estimate of drug-likeness (QED) is 0.327. The van der Waals surface area contributed by atoms with Crippen LogP contribution in [-0.2, 0) is 0 Å². The zero-order valence-corrected chi connectivity index (χ0v) is 16.1. The lowest BCUT2D eigenvalue weighted by atomic mass is 9.56. The summed E-state index contributed by atoms with van der Waals surface area (Å²) in [5, 5.41) is 0. The molecule has 128 valence electrons. The predicted octanol–water partition coefficient (Wildman–Crippen LogP) is 7.25. The van der Waals surface area contributed by atoms with Crippen LogP contribution in [0.4, 0.5) is 0 Å². The van der Waals surface area contributed by atoms with Crippen LogP contribution in [0.15, 0.2) is 12.2 Å². The van der Waals surface area contributed by atoms with E-state index in [1.54, 1.807) is 0 Å². The Bertz CT molecular complexity index is 368. The molecule has 22 heavy (non-hydrogen) atoms. The Labute approximate surface area is 140 Å². The minimum Gasteiger partial charge on any atom is -0.0851 e. The van der Waals surface area contributed by atoms with E-state index in [-0.39, 0.29) is 0 Å². The first-order valence-electron chi connectivity index (χ1n) is 9.95. The Morgan fingerprint density at radius 3 is 2.09 bits per heavy atom. The fourth-order valence-corrected chi connectivity index (χ4v) is 4.92. The third kappa shape index (κ3) is 3.80. The molecule has 2 rings (SSSR count). The molecule has 0 radical (unpaired) electrons. The minimum atomic E-state index is 0.395. The second kappa shape index (κ2) is 7.10. The van der Waals surface area contributed by atoms with E-state index in [1.807, 2.05) is 0 Å². The largest absolute Gasteiger partial charge is 0.0851 e. The van der Waals surface area contributed by atoms with Gasteiger partial charge in [0, 0.05) is 0 Å². The van der Waals surface area contributed by atoms with Gasteiger partial charge >= 0.3 is 0 Å². The van der Waals surface area contributed by atoms with E-state index in [1.165, 1.54) is 51.4 Å². The van der Waals surface area contributed by atoms with Crippen molar-refractivity contribution in [2.45, 2.75) is 92.9 Å². The smallest absolute Gasteiger partial charge is 0.0196 e. The molecule has 2 aliphatic rings. The SMILES string of the molecule is CCCCCCCC(C1CC2C=CC1C2)C(C)(C)C(C)(C)C. The van der Waals surface area contributed by atoms with Gasteiger partial charge in [-0.1, -0.05) is 85.8 Å². The number of hydrogen-bond donors (Lipinski definition) is 0. The fourth-order valence-electron chi connectivity index (χ4n) is 4.92. The van der Waals surface area contributed by atoms with Crippen molar-refractivity contribution in [3.05, 3.63) is 12.2 Å². The number of rotatable bonds is 8. The topological polar surface area (TPSA) is 0 Å². The highest BCUT2D eigenvalue weighted by molar-refractivity contribution is 5.12. The minimum absolute atomic E-state index is 0.395. The summed E-state index contributed by atoms with van der Waals surface area (Å²) in [6.45, 7) is 14.8. The molecule has 0 aromatic rings. The maximum atomic E-state index is 2.56. The van der Waals surface area contributed by atoms with Gasteiger partial charge in [-0.15, -0.1) is 0 Å². The predicted molar refractivity (Wildman–Crippen MR) is 98.9 cm³/mol. The molecule has 4 atom stereocenters. The lowest BCUT2D eigenvalue weighted by Gasteiger charge is -2.49. The van der Waals surface area contributed by atoms with Crippen molar-refractivity contribution in [2.24, 2.45) is 34.5 Å². The van der Waals surface area contributed by atoms with Crippen molar-refractivity contribution >= 4 is 0 Å². The molecule has 4 unspecified atom stereocenters. The Kier molecular flexibility index (Phi) is 5.84. The summed E-state index contributed by atoms with van der Waals surface area (Å²) < 4.78 is 0. The molecule has 0 aliphatic heterocycles. The Hall–Kier alpha value is -0.260. The molecule has 1 fully saturated rings. The van der Waals surface area contributed by atoms with Gasteiger partial charge in [-0.25, -0.2) is 0 Å². The van der Waals surface area contributed by atoms with Crippen LogP contribution in [0.1, 0.15) is 92.9 Å². The second-order valence-electron chi connectivity index (χ2n) is 9.73. The van der Waals surface area contributed by atoms with Gasteiger partial charge in [0.2, 0.25) is 0 Å². The van der Waals surface area contributed by atoms with Crippen molar-refractivity contribution in [3.8, 4) is 0 Å². The fraction of sp³-hybridized carbons (Fsp3) is 0.909. The van der Waals surface area contributed by atoms with E-state index < -0.39 is 0 Å². The van der Waals surface area contributed by atoms with Crippen LogP contribution in [0, 0.1) is 34.5 Å². The molecule has 2 aliphatic carbocycles. The highest BCUT2D eigenvalue weighted by Crippen LogP contribution is 2.56. The molecular formula is C22H40.